The fourth-order valence-corrected chi connectivity index (χ4v) is 3.65. The van der Waals surface area contributed by atoms with Gasteiger partial charge in [0.2, 0.25) is 0 Å². The number of nitrogens with zero attached hydrogens (tertiary/aromatic N) is 1. The standard InChI is InChI=1S/C17H22FN/c1-12(2)19-11-16(13-7-9-14(18)10-8-13)15-5-3-4-6-17(15)19/h7-12,15,17H,3-6H2,1-2H3. The summed E-state index contributed by atoms with van der Waals surface area (Å²) in [6, 6.07) is 8.21. The van der Waals surface area contributed by atoms with Crippen LogP contribution in [0.25, 0.3) is 5.57 Å². The Kier molecular flexibility index (Phi) is 3.34. The van der Waals surface area contributed by atoms with Crippen molar-refractivity contribution in [1.29, 1.82) is 0 Å². The van der Waals surface area contributed by atoms with Crippen molar-refractivity contribution in [3.05, 3.63) is 41.8 Å². The summed E-state index contributed by atoms with van der Waals surface area (Å²) in [5.74, 6) is 0.491. The second-order valence-corrected chi connectivity index (χ2v) is 6.09. The number of halogens is 1. The highest BCUT2D eigenvalue weighted by Crippen LogP contribution is 2.44. The van der Waals surface area contributed by atoms with E-state index in [-0.39, 0.29) is 5.82 Å². The summed E-state index contributed by atoms with van der Waals surface area (Å²) in [7, 11) is 0. The minimum atomic E-state index is -0.150. The molecule has 102 valence electrons. The Bertz CT molecular complexity index is 475. The second kappa shape index (κ2) is 4.99. The molecule has 3 rings (SSSR count). The van der Waals surface area contributed by atoms with E-state index in [1.807, 2.05) is 12.1 Å². The van der Waals surface area contributed by atoms with Crippen molar-refractivity contribution in [3.63, 3.8) is 0 Å². The molecule has 2 unspecified atom stereocenters. The summed E-state index contributed by atoms with van der Waals surface area (Å²) in [4.78, 5) is 2.52. The lowest BCUT2D eigenvalue weighted by atomic mass is 9.79. The Morgan fingerprint density at radius 1 is 1.11 bits per heavy atom. The van der Waals surface area contributed by atoms with E-state index in [9.17, 15) is 4.39 Å². The lowest BCUT2D eigenvalue weighted by molar-refractivity contribution is 0.172. The Morgan fingerprint density at radius 3 is 2.47 bits per heavy atom. The number of benzene rings is 1. The molecule has 0 amide bonds. The zero-order valence-electron chi connectivity index (χ0n) is 11.8. The maximum atomic E-state index is 13.1. The van der Waals surface area contributed by atoms with Gasteiger partial charge in [-0.05, 0) is 50.0 Å². The molecule has 1 heterocycles. The predicted octanol–water partition coefficient (Wildman–Crippen LogP) is 4.45. The van der Waals surface area contributed by atoms with Gasteiger partial charge in [-0.2, -0.15) is 0 Å². The van der Waals surface area contributed by atoms with E-state index < -0.39 is 0 Å². The molecule has 1 nitrogen and oxygen atoms in total. The van der Waals surface area contributed by atoms with Gasteiger partial charge in [0.1, 0.15) is 5.82 Å². The lowest BCUT2D eigenvalue weighted by Crippen LogP contribution is -2.38. The highest BCUT2D eigenvalue weighted by atomic mass is 19.1. The predicted molar refractivity (Wildman–Crippen MR) is 77.1 cm³/mol. The molecule has 1 aliphatic carbocycles. The molecule has 1 saturated carbocycles. The first kappa shape index (κ1) is 12.7. The van der Waals surface area contributed by atoms with Crippen LogP contribution in [-0.2, 0) is 0 Å². The van der Waals surface area contributed by atoms with Crippen LogP contribution < -0.4 is 0 Å². The van der Waals surface area contributed by atoms with Crippen molar-refractivity contribution in [2.24, 2.45) is 5.92 Å². The molecule has 2 atom stereocenters. The molecule has 1 fully saturated rings. The van der Waals surface area contributed by atoms with Gasteiger partial charge in [0.05, 0.1) is 0 Å². The van der Waals surface area contributed by atoms with Crippen molar-refractivity contribution in [2.75, 3.05) is 0 Å². The molecule has 1 aliphatic heterocycles. The Hall–Kier alpha value is -1.31. The van der Waals surface area contributed by atoms with E-state index in [1.165, 1.54) is 36.8 Å². The van der Waals surface area contributed by atoms with Crippen LogP contribution in [0.5, 0.6) is 0 Å². The molecular formula is C17H22FN. The summed E-state index contributed by atoms with van der Waals surface area (Å²) in [5.41, 5.74) is 2.61. The highest BCUT2D eigenvalue weighted by molar-refractivity contribution is 5.70. The third-order valence-corrected chi connectivity index (χ3v) is 4.57. The number of hydrogen-bond acceptors (Lipinski definition) is 1. The molecule has 0 saturated heterocycles. The van der Waals surface area contributed by atoms with Crippen LogP contribution in [0.15, 0.2) is 30.5 Å². The van der Waals surface area contributed by atoms with E-state index in [4.69, 9.17) is 0 Å². The van der Waals surface area contributed by atoms with Gasteiger partial charge in [-0.25, -0.2) is 4.39 Å². The SMILES string of the molecule is CC(C)N1C=C(c2ccc(F)cc2)C2CCCCC21. The highest BCUT2D eigenvalue weighted by Gasteiger charge is 2.37. The first-order chi connectivity index (χ1) is 9.16. The summed E-state index contributed by atoms with van der Waals surface area (Å²) in [6.45, 7) is 4.52. The monoisotopic (exact) mass is 259 g/mol. The Labute approximate surface area is 115 Å². The maximum Gasteiger partial charge on any atom is 0.123 e. The fraction of sp³-hybridized carbons (Fsp3) is 0.529. The van der Waals surface area contributed by atoms with Gasteiger partial charge >= 0.3 is 0 Å². The van der Waals surface area contributed by atoms with Gasteiger partial charge in [0.15, 0.2) is 0 Å². The number of hydrogen-bond donors (Lipinski definition) is 0. The minimum Gasteiger partial charge on any atom is -0.371 e. The first-order valence-electron chi connectivity index (χ1n) is 7.42. The smallest absolute Gasteiger partial charge is 0.123 e. The topological polar surface area (TPSA) is 3.24 Å². The van der Waals surface area contributed by atoms with Crippen molar-refractivity contribution in [1.82, 2.24) is 4.90 Å². The Morgan fingerprint density at radius 2 is 1.79 bits per heavy atom. The van der Waals surface area contributed by atoms with E-state index in [1.54, 1.807) is 12.1 Å². The zero-order valence-corrected chi connectivity index (χ0v) is 11.8. The third-order valence-electron chi connectivity index (χ3n) is 4.57. The van der Waals surface area contributed by atoms with Crippen LogP contribution in [0.1, 0.15) is 45.1 Å². The molecule has 0 radical (unpaired) electrons. The van der Waals surface area contributed by atoms with Crippen LogP contribution in [0.2, 0.25) is 0 Å². The fourth-order valence-electron chi connectivity index (χ4n) is 3.65. The quantitative estimate of drug-likeness (QED) is 0.758. The van der Waals surface area contributed by atoms with Crippen molar-refractivity contribution >= 4 is 5.57 Å². The molecule has 1 aromatic rings. The summed E-state index contributed by atoms with van der Waals surface area (Å²) in [5, 5.41) is 0. The molecule has 2 heteroatoms. The number of fused-ring (bicyclic) bond motifs is 1. The van der Waals surface area contributed by atoms with Crippen LogP contribution in [-0.4, -0.2) is 17.0 Å². The molecule has 19 heavy (non-hydrogen) atoms. The van der Waals surface area contributed by atoms with Gasteiger partial charge in [0.25, 0.3) is 0 Å². The summed E-state index contributed by atoms with van der Waals surface area (Å²) >= 11 is 0. The average molecular weight is 259 g/mol. The van der Waals surface area contributed by atoms with Gasteiger partial charge in [-0.3, -0.25) is 0 Å². The van der Waals surface area contributed by atoms with Crippen LogP contribution in [0.4, 0.5) is 4.39 Å². The first-order valence-corrected chi connectivity index (χ1v) is 7.42. The molecule has 0 spiro atoms. The van der Waals surface area contributed by atoms with E-state index in [0.29, 0.717) is 18.0 Å². The summed E-state index contributed by atoms with van der Waals surface area (Å²) < 4.78 is 13.1. The molecular weight excluding hydrogens is 237 g/mol. The minimum absolute atomic E-state index is 0.150. The third kappa shape index (κ3) is 2.29. The normalized spacial score (nSPS) is 26.5. The van der Waals surface area contributed by atoms with E-state index >= 15 is 0 Å². The molecule has 0 N–H and O–H groups in total. The van der Waals surface area contributed by atoms with Crippen LogP contribution >= 0.6 is 0 Å². The second-order valence-electron chi connectivity index (χ2n) is 6.09. The van der Waals surface area contributed by atoms with Crippen LogP contribution in [0, 0.1) is 11.7 Å². The van der Waals surface area contributed by atoms with Crippen LogP contribution in [0.3, 0.4) is 0 Å². The maximum absolute atomic E-state index is 13.1. The number of rotatable bonds is 2. The van der Waals surface area contributed by atoms with Crippen molar-refractivity contribution in [3.8, 4) is 0 Å². The van der Waals surface area contributed by atoms with Crippen molar-refractivity contribution in [2.45, 2.75) is 51.6 Å². The Balaban J connectivity index is 1.94. The lowest BCUT2D eigenvalue weighted by Gasteiger charge is -2.36. The molecule has 2 aliphatic rings. The largest absolute Gasteiger partial charge is 0.371 e. The molecule has 0 aromatic heterocycles. The summed E-state index contributed by atoms with van der Waals surface area (Å²) in [6.07, 6.45) is 7.57. The van der Waals surface area contributed by atoms with Gasteiger partial charge in [-0.15, -0.1) is 0 Å². The van der Waals surface area contributed by atoms with Gasteiger partial charge in [0, 0.05) is 24.2 Å². The molecule has 0 bridgehead atoms. The van der Waals surface area contributed by atoms with E-state index in [0.717, 1.165) is 0 Å². The average Bonchev–Trinajstić information content (AvgIpc) is 2.79. The van der Waals surface area contributed by atoms with Gasteiger partial charge in [-0.1, -0.05) is 25.0 Å². The van der Waals surface area contributed by atoms with Gasteiger partial charge < -0.3 is 4.90 Å². The zero-order chi connectivity index (χ0) is 13.4. The molecule has 1 aromatic carbocycles. The van der Waals surface area contributed by atoms with E-state index in [2.05, 4.69) is 24.9 Å². The van der Waals surface area contributed by atoms with Crippen molar-refractivity contribution < 1.29 is 4.39 Å².